The molecule has 0 aliphatic carbocycles. The summed E-state index contributed by atoms with van der Waals surface area (Å²) >= 11 is 3.12. The van der Waals surface area contributed by atoms with Crippen LogP contribution in [0.3, 0.4) is 0 Å². The molecule has 0 aliphatic heterocycles. The van der Waals surface area contributed by atoms with Crippen LogP contribution < -0.4 is 4.90 Å². The molecule has 0 fully saturated rings. The largest absolute Gasteiger partial charge is 0.308 e. The maximum Gasteiger partial charge on any atom is 0.229 e. The van der Waals surface area contributed by atoms with Gasteiger partial charge in [-0.2, -0.15) is 0 Å². The van der Waals surface area contributed by atoms with Crippen LogP contribution in [-0.2, 0) is 4.79 Å². The highest BCUT2D eigenvalue weighted by Gasteiger charge is 2.19. The average molecular weight is 454 g/mol. The van der Waals surface area contributed by atoms with E-state index < -0.39 is 0 Å². The Kier molecular flexibility index (Phi) is 8.89. The molecule has 8 heteroatoms. The zero-order chi connectivity index (χ0) is 20.1. The molecule has 156 valence electrons. The van der Waals surface area contributed by atoms with Crippen molar-refractivity contribution >= 4 is 56.8 Å². The van der Waals surface area contributed by atoms with Crippen LogP contribution in [0.1, 0.15) is 12.0 Å². The average Bonchev–Trinajstić information content (AvgIpc) is 3.06. The predicted molar refractivity (Wildman–Crippen MR) is 124 cm³/mol. The minimum atomic E-state index is -0.249. The second kappa shape index (κ2) is 10.9. The molecular formula is C21H25ClFN3OS2. The zero-order valence-corrected chi connectivity index (χ0v) is 19.2. The van der Waals surface area contributed by atoms with Gasteiger partial charge in [0.15, 0.2) is 5.13 Å². The van der Waals surface area contributed by atoms with Gasteiger partial charge in [0.05, 0.1) is 10.2 Å². The van der Waals surface area contributed by atoms with Gasteiger partial charge in [0.2, 0.25) is 5.91 Å². The van der Waals surface area contributed by atoms with Crippen LogP contribution in [0, 0.1) is 12.7 Å². The van der Waals surface area contributed by atoms with Crippen molar-refractivity contribution < 1.29 is 9.18 Å². The molecule has 0 aliphatic rings. The minimum Gasteiger partial charge on any atom is -0.308 e. The normalized spacial score (nSPS) is 10.9. The molecule has 0 saturated heterocycles. The van der Waals surface area contributed by atoms with Crippen LogP contribution in [0.15, 0.2) is 47.4 Å². The monoisotopic (exact) mass is 453 g/mol. The highest BCUT2D eigenvalue weighted by atomic mass is 35.5. The van der Waals surface area contributed by atoms with Gasteiger partial charge in [-0.3, -0.25) is 9.69 Å². The number of carbonyl (C=O) groups excluding carboxylic acids is 1. The van der Waals surface area contributed by atoms with E-state index in [9.17, 15) is 9.18 Å². The topological polar surface area (TPSA) is 36.4 Å². The smallest absolute Gasteiger partial charge is 0.229 e. The Balaban J connectivity index is 0.00000300. The SMILES string of the molecule is Cc1ccc2nc(N(CCN(C)C)C(=O)CCSc3ccc(F)cc3)sc2c1.Cl. The van der Waals surface area contributed by atoms with Crippen molar-refractivity contribution in [2.75, 3.05) is 37.8 Å². The lowest BCUT2D eigenvalue weighted by molar-refractivity contribution is -0.118. The van der Waals surface area contributed by atoms with Crippen molar-refractivity contribution in [1.29, 1.82) is 0 Å². The molecular weight excluding hydrogens is 429 g/mol. The number of fused-ring (bicyclic) bond motifs is 1. The number of halogens is 2. The number of aromatic nitrogens is 1. The van der Waals surface area contributed by atoms with Crippen molar-refractivity contribution in [2.24, 2.45) is 0 Å². The van der Waals surface area contributed by atoms with Gasteiger partial charge in [-0.1, -0.05) is 17.4 Å². The number of aryl methyl sites for hydroxylation is 1. The Morgan fingerprint density at radius 3 is 2.55 bits per heavy atom. The van der Waals surface area contributed by atoms with Crippen LogP contribution in [0.5, 0.6) is 0 Å². The summed E-state index contributed by atoms with van der Waals surface area (Å²) in [4.78, 5) is 22.5. The number of rotatable bonds is 8. The number of amides is 1. The quantitative estimate of drug-likeness (QED) is 0.437. The van der Waals surface area contributed by atoms with Crippen molar-refractivity contribution in [3.8, 4) is 0 Å². The first kappa shape index (κ1) is 23.6. The summed E-state index contributed by atoms with van der Waals surface area (Å²) in [6.07, 6.45) is 0.407. The molecule has 3 rings (SSSR count). The molecule has 0 N–H and O–H groups in total. The van der Waals surface area contributed by atoms with Gasteiger partial charge in [-0.15, -0.1) is 24.2 Å². The van der Waals surface area contributed by atoms with E-state index in [1.165, 1.54) is 17.7 Å². The molecule has 1 aromatic heterocycles. The van der Waals surface area contributed by atoms with Gasteiger partial charge >= 0.3 is 0 Å². The van der Waals surface area contributed by atoms with Gasteiger partial charge in [0.1, 0.15) is 5.82 Å². The molecule has 1 heterocycles. The van der Waals surface area contributed by atoms with E-state index in [4.69, 9.17) is 0 Å². The minimum absolute atomic E-state index is 0. The number of hydrogen-bond acceptors (Lipinski definition) is 5. The lowest BCUT2D eigenvalue weighted by Gasteiger charge is -2.22. The van der Waals surface area contributed by atoms with Gasteiger partial charge in [-0.05, 0) is 63.0 Å². The molecule has 3 aromatic rings. The van der Waals surface area contributed by atoms with E-state index in [0.29, 0.717) is 18.7 Å². The zero-order valence-electron chi connectivity index (χ0n) is 16.7. The van der Waals surface area contributed by atoms with E-state index in [2.05, 4.69) is 22.9 Å². The summed E-state index contributed by atoms with van der Waals surface area (Å²) in [7, 11) is 3.99. The Labute approximate surface area is 185 Å². The summed E-state index contributed by atoms with van der Waals surface area (Å²) < 4.78 is 14.1. The molecule has 29 heavy (non-hydrogen) atoms. The van der Waals surface area contributed by atoms with E-state index >= 15 is 0 Å². The lowest BCUT2D eigenvalue weighted by atomic mass is 10.2. The third kappa shape index (κ3) is 6.67. The Bertz CT molecular complexity index is 947. The first-order valence-electron chi connectivity index (χ1n) is 9.13. The maximum atomic E-state index is 13.0. The summed E-state index contributed by atoms with van der Waals surface area (Å²) in [5.74, 6) is 0.459. The van der Waals surface area contributed by atoms with E-state index in [1.54, 1.807) is 40.1 Å². The highest BCUT2D eigenvalue weighted by Crippen LogP contribution is 2.30. The summed E-state index contributed by atoms with van der Waals surface area (Å²) in [6, 6.07) is 12.5. The number of nitrogens with zero attached hydrogens (tertiary/aromatic N) is 3. The second-order valence-corrected chi connectivity index (χ2v) is 9.05. The Morgan fingerprint density at radius 1 is 1.14 bits per heavy atom. The fourth-order valence-corrected chi connectivity index (χ4v) is 4.63. The van der Waals surface area contributed by atoms with Crippen LogP contribution in [0.25, 0.3) is 10.2 Å². The van der Waals surface area contributed by atoms with Crippen LogP contribution in [-0.4, -0.2) is 48.7 Å². The number of hydrogen-bond donors (Lipinski definition) is 0. The number of thioether (sulfide) groups is 1. The molecule has 0 unspecified atom stereocenters. The van der Waals surface area contributed by atoms with Gasteiger partial charge in [0.25, 0.3) is 0 Å². The summed E-state index contributed by atoms with van der Waals surface area (Å²) in [5.41, 5.74) is 2.11. The fourth-order valence-electron chi connectivity index (χ4n) is 2.68. The van der Waals surface area contributed by atoms with Crippen molar-refractivity contribution in [3.05, 3.63) is 53.8 Å². The summed E-state index contributed by atoms with van der Waals surface area (Å²) in [5, 5.41) is 0.749. The maximum absolute atomic E-state index is 13.0. The van der Waals surface area contributed by atoms with Crippen molar-refractivity contribution in [3.63, 3.8) is 0 Å². The molecule has 0 saturated carbocycles. The number of thiazole rings is 1. The summed E-state index contributed by atoms with van der Waals surface area (Å²) in [6.45, 7) is 3.43. The number of anilines is 1. The van der Waals surface area contributed by atoms with Crippen molar-refractivity contribution in [2.45, 2.75) is 18.2 Å². The molecule has 2 aromatic carbocycles. The Morgan fingerprint density at radius 2 is 1.86 bits per heavy atom. The highest BCUT2D eigenvalue weighted by molar-refractivity contribution is 7.99. The first-order valence-corrected chi connectivity index (χ1v) is 10.9. The predicted octanol–water partition coefficient (Wildman–Crippen LogP) is 5.24. The van der Waals surface area contributed by atoms with Crippen molar-refractivity contribution in [1.82, 2.24) is 9.88 Å². The van der Waals surface area contributed by atoms with Gasteiger partial charge in [0, 0.05) is 30.2 Å². The molecule has 0 atom stereocenters. The second-order valence-electron chi connectivity index (χ2n) is 6.87. The molecule has 0 radical (unpaired) electrons. The third-order valence-corrected chi connectivity index (χ3v) is 6.29. The Hall–Kier alpha value is -1.67. The van der Waals surface area contributed by atoms with E-state index in [1.807, 2.05) is 26.2 Å². The molecule has 1 amide bonds. The number of benzene rings is 2. The molecule has 0 bridgehead atoms. The fraction of sp³-hybridized carbons (Fsp3) is 0.333. The third-order valence-electron chi connectivity index (χ3n) is 4.23. The van der Waals surface area contributed by atoms with Crippen LogP contribution in [0.2, 0.25) is 0 Å². The van der Waals surface area contributed by atoms with E-state index in [-0.39, 0.29) is 24.1 Å². The molecule has 4 nitrogen and oxygen atoms in total. The molecule has 0 spiro atoms. The standard InChI is InChI=1S/C21H24FN3OS2.ClH/c1-15-4-9-18-19(14-15)28-21(23-18)25(12-11-24(2)3)20(26)10-13-27-17-7-5-16(22)6-8-17;/h4-9,14H,10-13H2,1-3H3;1H. The van der Waals surface area contributed by atoms with Gasteiger partial charge < -0.3 is 4.90 Å². The first-order chi connectivity index (χ1) is 13.4. The number of carbonyl (C=O) groups is 1. The number of likely N-dealkylation sites (N-methyl/N-ethyl adjacent to an activating group) is 1. The lowest BCUT2D eigenvalue weighted by Crippen LogP contribution is -2.36. The van der Waals surface area contributed by atoms with E-state index in [0.717, 1.165) is 26.8 Å². The van der Waals surface area contributed by atoms with Crippen LogP contribution in [0.4, 0.5) is 9.52 Å². The van der Waals surface area contributed by atoms with Crippen LogP contribution >= 0.6 is 35.5 Å². The van der Waals surface area contributed by atoms with Gasteiger partial charge in [-0.25, -0.2) is 9.37 Å².